The van der Waals surface area contributed by atoms with Crippen LogP contribution >= 0.6 is 0 Å². The average molecular weight is 290 g/mol. The monoisotopic (exact) mass is 290 g/mol. The molecule has 0 aromatic heterocycles. The van der Waals surface area contributed by atoms with Gasteiger partial charge in [0.15, 0.2) is 0 Å². The molecular weight excluding hydrogens is 256 g/mol. The number of hydrogen-bond donors (Lipinski definition) is 1. The molecule has 0 spiro atoms. The van der Waals surface area contributed by atoms with Gasteiger partial charge in [0.05, 0.1) is 0 Å². The zero-order chi connectivity index (χ0) is 15.7. The molecule has 120 valence electrons. The Bertz CT molecular complexity index is 366. The van der Waals surface area contributed by atoms with Gasteiger partial charge in [-0.15, -0.1) is 0 Å². The van der Waals surface area contributed by atoms with Gasteiger partial charge in [-0.25, -0.2) is 0 Å². The molecule has 1 aromatic rings. The predicted molar refractivity (Wildman–Crippen MR) is 93.9 cm³/mol. The topological polar surface area (TPSA) is 15.3 Å². The van der Waals surface area contributed by atoms with Crippen LogP contribution in [0.1, 0.15) is 64.5 Å². The van der Waals surface area contributed by atoms with Crippen LogP contribution in [0.25, 0.3) is 0 Å². The maximum Gasteiger partial charge on any atom is 0.0207 e. The summed E-state index contributed by atoms with van der Waals surface area (Å²) >= 11 is 0. The highest BCUT2D eigenvalue weighted by Gasteiger charge is 2.04. The summed E-state index contributed by atoms with van der Waals surface area (Å²) in [4.78, 5) is 2.50. The fourth-order valence-electron chi connectivity index (χ4n) is 2.58. The van der Waals surface area contributed by atoms with E-state index >= 15 is 0 Å². The third-order valence-corrected chi connectivity index (χ3v) is 4.31. The first-order valence-electron chi connectivity index (χ1n) is 8.61. The van der Waals surface area contributed by atoms with E-state index in [0.29, 0.717) is 12.0 Å². The third kappa shape index (κ3) is 7.10. The molecule has 1 N–H and O–H groups in total. The van der Waals surface area contributed by atoms with Crippen molar-refractivity contribution in [1.82, 2.24) is 10.2 Å². The SMILES string of the molecule is CCN(CC)CCCC(C)NCc1ccc(C(C)C)cc1. The first-order valence-corrected chi connectivity index (χ1v) is 8.61. The van der Waals surface area contributed by atoms with Crippen molar-refractivity contribution in [3.05, 3.63) is 35.4 Å². The summed E-state index contributed by atoms with van der Waals surface area (Å²) in [6.07, 6.45) is 2.53. The Morgan fingerprint density at radius 1 is 1.00 bits per heavy atom. The van der Waals surface area contributed by atoms with Gasteiger partial charge in [0.25, 0.3) is 0 Å². The summed E-state index contributed by atoms with van der Waals surface area (Å²) in [6.45, 7) is 15.8. The van der Waals surface area contributed by atoms with Gasteiger partial charge in [-0.05, 0) is 56.4 Å². The molecule has 0 heterocycles. The molecule has 0 aliphatic carbocycles. The normalized spacial score (nSPS) is 13.1. The number of hydrogen-bond acceptors (Lipinski definition) is 2. The first-order chi connectivity index (χ1) is 10.1. The maximum atomic E-state index is 3.64. The van der Waals surface area contributed by atoms with E-state index < -0.39 is 0 Å². The highest BCUT2D eigenvalue weighted by molar-refractivity contribution is 5.24. The molecule has 0 bridgehead atoms. The van der Waals surface area contributed by atoms with E-state index in [0.717, 1.165) is 6.54 Å². The fraction of sp³-hybridized carbons (Fsp3) is 0.684. The van der Waals surface area contributed by atoms with Crippen LogP contribution in [0, 0.1) is 0 Å². The van der Waals surface area contributed by atoms with Crippen LogP contribution in [0.3, 0.4) is 0 Å². The molecule has 1 unspecified atom stereocenters. The van der Waals surface area contributed by atoms with Gasteiger partial charge < -0.3 is 10.2 Å². The fourth-order valence-corrected chi connectivity index (χ4v) is 2.58. The van der Waals surface area contributed by atoms with Gasteiger partial charge in [-0.3, -0.25) is 0 Å². The molecule has 0 saturated heterocycles. The van der Waals surface area contributed by atoms with Crippen LogP contribution in [0.15, 0.2) is 24.3 Å². The number of rotatable bonds is 10. The number of nitrogens with zero attached hydrogens (tertiary/aromatic N) is 1. The Morgan fingerprint density at radius 2 is 1.62 bits per heavy atom. The minimum atomic E-state index is 0.588. The minimum absolute atomic E-state index is 0.588. The Balaban J connectivity index is 2.24. The predicted octanol–water partition coefficient (Wildman–Crippen LogP) is 4.41. The minimum Gasteiger partial charge on any atom is -0.310 e. The molecule has 0 amide bonds. The van der Waals surface area contributed by atoms with Crippen molar-refractivity contribution in [2.75, 3.05) is 19.6 Å². The van der Waals surface area contributed by atoms with E-state index in [9.17, 15) is 0 Å². The molecule has 0 aliphatic rings. The van der Waals surface area contributed by atoms with E-state index in [1.165, 1.54) is 43.6 Å². The van der Waals surface area contributed by atoms with Crippen molar-refractivity contribution in [2.24, 2.45) is 0 Å². The zero-order valence-corrected chi connectivity index (χ0v) is 14.7. The standard InChI is InChI=1S/C19H34N2/c1-6-21(7-2)14-8-9-17(5)20-15-18-10-12-19(13-11-18)16(3)4/h10-13,16-17,20H,6-9,14-15H2,1-5H3. The molecule has 0 saturated carbocycles. The van der Waals surface area contributed by atoms with Crippen molar-refractivity contribution in [3.63, 3.8) is 0 Å². The molecular formula is C19H34N2. The summed E-state index contributed by atoms with van der Waals surface area (Å²) < 4.78 is 0. The summed E-state index contributed by atoms with van der Waals surface area (Å²) in [5.41, 5.74) is 2.81. The molecule has 2 heteroatoms. The van der Waals surface area contributed by atoms with E-state index in [1.54, 1.807) is 0 Å². The van der Waals surface area contributed by atoms with E-state index in [1.807, 2.05) is 0 Å². The Hall–Kier alpha value is -0.860. The first kappa shape index (κ1) is 18.2. The summed E-state index contributed by atoms with van der Waals surface area (Å²) in [5, 5.41) is 3.64. The molecule has 0 fully saturated rings. The van der Waals surface area contributed by atoms with Gasteiger partial charge in [0, 0.05) is 12.6 Å². The lowest BCUT2D eigenvalue weighted by Gasteiger charge is -2.20. The Morgan fingerprint density at radius 3 is 2.14 bits per heavy atom. The van der Waals surface area contributed by atoms with Gasteiger partial charge in [-0.1, -0.05) is 52.0 Å². The Kier molecular flexibility index (Phi) is 8.63. The quantitative estimate of drug-likeness (QED) is 0.686. The second-order valence-electron chi connectivity index (χ2n) is 6.35. The summed E-state index contributed by atoms with van der Waals surface area (Å²) in [7, 11) is 0. The molecule has 1 atom stereocenters. The summed E-state index contributed by atoms with van der Waals surface area (Å²) in [6, 6.07) is 9.61. The third-order valence-electron chi connectivity index (χ3n) is 4.31. The summed E-state index contributed by atoms with van der Waals surface area (Å²) in [5.74, 6) is 0.617. The molecule has 0 radical (unpaired) electrons. The van der Waals surface area contributed by atoms with E-state index in [-0.39, 0.29) is 0 Å². The largest absolute Gasteiger partial charge is 0.310 e. The Labute approximate surface area is 131 Å². The molecule has 2 nitrogen and oxygen atoms in total. The van der Waals surface area contributed by atoms with E-state index in [2.05, 4.69) is 69.1 Å². The lowest BCUT2D eigenvalue weighted by atomic mass is 10.0. The van der Waals surface area contributed by atoms with Crippen molar-refractivity contribution >= 4 is 0 Å². The van der Waals surface area contributed by atoms with Crippen LogP contribution in [-0.2, 0) is 6.54 Å². The van der Waals surface area contributed by atoms with Gasteiger partial charge >= 0.3 is 0 Å². The zero-order valence-electron chi connectivity index (χ0n) is 14.7. The maximum absolute atomic E-state index is 3.64. The lowest BCUT2D eigenvalue weighted by Crippen LogP contribution is -2.28. The number of benzene rings is 1. The van der Waals surface area contributed by atoms with Crippen molar-refractivity contribution in [2.45, 2.75) is 66.0 Å². The molecule has 1 rings (SSSR count). The van der Waals surface area contributed by atoms with Crippen molar-refractivity contribution < 1.29 is 0 Å². The van der Waals surface area contributed by atoms with Gasteiger partial charge in [-0.2, -0.15) is 0 Å². The highest BCUT2D eigenvalue weighted by atomic mass is 15.1. The van der Waals surface area contributed by atoms with Crippen LogP contribution < -0.4 is 5.32 Å². The molecule has 0 aliphatic heterocycles. The average Bonchev–Trinajstić information content (AvgIpc) is 2.50. The van der Waals surface area contributed by atoms with Crippen molar-refractivity contribution in [1.29, 1.82) is 0 Å². The van der Waals surface area contributed by atoms with Crippen LogP contribution in [0.2, 0.25) is 0 Å². The second kappa shape index (κ2) is 9.97. The molecule has 21 heavy (non-hydrogen) atoms. The van der Waals surface area contributed by atoms with Crippen LogP contribution in [0.5, 0.6) is 0 Å². The number of nitrogens with one attached hydrogen (secondary N) is 1. The molecule has 1 aromatic carbocycles. The highest BCUT2D eigenvalue weighted by Crippen LogP contribution is 2.14. The lowest BCUT2D eigenvalue weighted by molar-refractivity contribution is 0.290. The smallest absolute Gasteiger partial charge is 0.0207 e. The van der Waals surface area contributed by atoms with Crippen molar-refractivity contribution in [3.8, 4) is 0 Å². The van der Waals surface area contributed by atoms with Crippen LogP contribution in [-0.4, -0.2) is 30.6 Å². The van der Waals surface area contributed by atoms with Gasteiger partial charge in [0.2, 0.25) is 0 Å². The van der Waals surface area contributed by atoms with Crippen LogP contribution in [0.4, 0.5) is 0 Å². The van der Waals surface area contributed by atoms with Gasteiger partial charge in [0.1, 0.15) is 0 Å². The van der Waals surface area contributed by atoms with E-state index in [4.69, 9.17) is 0 Å². The second-order valence-corrected chi connectivity index (χ2v) is 6.35.